The third kappa shape index (κ3) is 2.47. The van der Waals surface area contributed by atoms with Crippen LogP contribution >= 0.6 is 11.6 Å². The Balaban J connectivity index is 2.27. The van der Waals surface area contributed by atoms with E-state index in [1.54, 1.807) is 0 Å². The van der Waals surface area contributed by atoms with Gasteiger partial charge in [-0.3, -0.25) is 4.90 Å². The largest absolute Gasteiger partial charge is 0.484 e. The lowest BCUT2D eigenvalue weighted by Crippen LogP contribution is -2.36. The minimum Gasteiger partial charge on any atom is -0.283 e. The van der Waals surface area contributed by atoms with E-state index in [-0.39, 0.29) is 40.0 Å². The molecule has 3 nitrogen and oxygen atoms in total. The second-order valence-corrected chi connectivity index (χ2v) is 5.00. The summed E-state index contributed by atoms with van der Waals surface area (Å²) in [4.78, 5) is 7.14. The van der Waals surface area contributed by atoms with Crippen molar-refractivity contribution in [3.8, 4) is 11.3 Å². The highest BCUT2D eigenvalue weighted by molar-refractivity contribution is 6.28. The highest BCUT2D eigenvalue weighted by Crippen LogP contribution is 2.43. The van der Waals surface area contributed by atoms with Crippen LogP contribution in [0.2, 0.25) is 5.28 Å². The van der Waals surface area contributed by atoms with Crippen LogP contribution in [0.25, 0.3) is 11.3 Å². The molecule has 2 aromatic rings. The molecule has 2 heterocycles. The highest BCUT2D eigenvalue weighted by Gasteiger charge is 2.43. The zero-order valence-electron chi connectivity index (χ0n) is 10.8. The average molecular weight is 336 g/mol. The fourth-order valence-corrected chi connectivity index (χ4v) is 2.61. The summed E-state index contributed by atoms with van der Waals surface area (Å²) >= 11 is 5.57. The molecular formula is C13H7ClF5N3. The van der Waals surface area contributed by atoms with E-state index < -0.39 is 23.6 Å². The number of hydrogen-bond donors (Lipinski definition) is 0. The monoisotopic (exact) mass is 335 g/mol. The van der Waals surface area contributed by atoms with E-state index in [9.17, 15) is 22.0 Å². The summed E-state index contributed by atoms with van der Waals surface area (Å²) in [5.41, 5.74) is -0.928. The first-order chi connectivity index (χ1) is 10.3. The fourth-order valence-electron chi connectivity index (χ4n) is 2.48. The Labute approximate surface area is 126 Å². The fraction of sp³-hybridized carbons (Fsp3) is 0.231. The number of aromatic nitrogens is 2. The minimum atomic E-state index is -4.66. The lowest BCUT2D eigenvalue weighted by atomic mass is 10.0. The van der Waals surface area contributed by atoms with Gasteiger partial charge in [-0.05, 0) is 35.7 Å². The maximum Gasteiger partial charge on any atom is 0.484 e. The van der Waals surface area contributed by atoms with E-state index >= 15 is 0 Å². The van der Waals surface area contributed by atoms with Gasteiger partial charge in [0, 0.05) is 12.1 Å². The number of hydrogen-bond acceptors (Lipinski definition) is 3. The number of alkyl halides is 3. The standard InChI is InChI=1S/C13H7ClF5N3/c14-12-20-5-9(16)10(21-12)8-4-7(15)3-6-1-2-22(11(6)8)13(17,18)19/h3-5H,1-2H2. The Kier molecular flexibility index (Phi) is 3.43. The van der Waals surface area contributed by atoms with Crippen LogP contribution in [0.1, 0.15) is 5.56 Å². The molecule has 0 atom stereocenters. The average Bonchev–Trinajstić information content (AvgIpc) is 2.84. The Morgan fingerprint density at radius 3 is 2.59 bits per heavy atom. The SMILES string of the molecule is Fc1cc2c(c(-c3nc(Cl)ncc3F)c1)N(C(F)(F)F)CC2. The second-order valence-electron chi connectivity index (χ2n) is 4.67. The van der Waals surface area contributed by atoms with Gasteiger partial charge >= 0.3 is 6.30 Å². The first-order valence-corrected chi connectivity index (χ1v) is 6.50. The zero-order valence-corrected chi connectivity index (χ0v) is 11.5. The second kappa shape index (κ2) is 5.05. The summed E-state index contributed by atoms with van der Waals surface area (Å²) in [6.07, 6.45) is -3.93. The van der Waals surface area contributed by atoms with Crippen LogP contribution in [0.3, 0.4) is 0 Å². The molecule has 0 N–H and O–H groups in total. The zero-order chi connectivity index (χ0) is 16.1. The van der Waals surface area contributed by atoms with Crippen LogP contribution < -0.4 is 4.90 Å². The minimum absolute atomic E-state index is 0.0000378. The maximum absolute atomic E-state index is 13.9. The Hall–Kier alpha value is -1.96. The van der Waals surface area contributed by atoms with E-state index in [1.165, 1.54) is 0 Å². The molecule has 1 aliphatic heterocycles. The summed E-state index contributed by atoms with van der Waals surface area (Å²) < 4.78 is 66.8. The van der Waals surface area contributed by atoms with Crippen LogP contribution in [-0.4, -0.2) is 22.8 Å². The summed E-state index contributed by atoms with van der Waals surface area (Å²) in [5, 5.41) is -0.342. The number of nitrogens with zero attached hydrogens (tertiary/aromatic N) is 3. The molecule has 1 aromatic heterocycles. The van der Waals surface area contributed by atoms with Gasteiger partial charge in [0.1, 0.15) is 11.5 Å². The van der Waals surface area contributed by atoms with Crippen molar-refractivity contribution in [3.63, 3.8) is 0 Å². The molecule has 0 bridgehead atoms. The van der Waals surface area contributed by atoms with E-state index in [0.29, 0.717) is 0 Å². The number of benzene rings is 1. The van der Waals surface area contributed by atoms with Gasteiger partial charge in [0.05, 0.1) is 11.9 Å². The molecule has 1 aliphatic rings. The van der Waals surface area contributed by atoms with Gasteiger partial charge < -0.3 is 0 Å². The van der Waals surface area contributed by atoms with Gasteiger partial charge in [-0.2, -0.15) is 13.2 Å². The Morgan fingerprint density at radius 1 is 1.18 bits per heavy atom. The van der Waals surface area contributed by atoms with Crippen molar-refractivity contribution in [3.05, 3.63) is 40.8 Å². The molecule has 0 saturated heterocycles. The predicted octanol–water partition coefficient (Wildman–Crippen LogP) is 3.96. The molecule has 22 heavy (non-hydrogen) atoms. The van der Waals surface area contributed by atoms with Crippen LogP contribution in [-0.2, 0) is 6.42 Å². The summed E-state index contributed by atoms with van der Waals surface area (Å²) in [6, 6.07) is 1.82. The molecule has 3 rings (SSSR count). The third-order valence-electron chi connectivity index (χ3n) is 3.30. The van der Waals surface area contributed by atoms with Gasteiger partial charge in [-0.25, -0.2) is 18.7 Å². The molecule has 0 amide bonds. The Bertz CT molecular complexity index is 747. The smallest absolute Gasteiger partial charge is 0.283 e. The van der Waals surface area contributed by atoms with Crippen molar-refractivity contribution < 1.29 is 22.0 Å². The van der Waals surface area contributed by atoms with Gasteiger partial charge in [-0.1, -0.05) is 0 Å². The lowest BCUT2D eigenvalue weighted by molar-refractivity contribution is -0.127. The van der Waals surface area contributed by atoms with Gasteiger partial charge in [-0.15, -0.1) is 0 Å². The maximum atomic E-state index is 13.9. The van der Waals surface area contributed by atoms with Crippen LogP contribution in [0, 0.1) is 11.6 Å². The van der Waals surface area contributed by atoms with Crippen molar-refractivity contribution in [1.82, 2.24) is 9.97 Å². The van der Waals surface area contributed by atoms with Crippen molar-refractivity contribution in [2.24, 2.45) is 0 Å². The van der Waals surface area contributed by atoms with Crippen molar-refractivity contribution in [1.29, 1.82) is 0 Å². The first-order valence-electron chi connectivity index (χ1n) is 6.12. The van der Waals surface area contributed by atoms with Gasteiger partial charge in [0.25, 0.3) is 0 Å². The molecular weight excluding hydrogens is 329 g/mol. The summed E-state index contributed by atoms with van der Waals surface area (Å²) in [6.45, 7) is -0.365. The number of fused-ring (bicyclic) bond motifs is 1. The highest BCUT2D eigenvalue weighted by atomic mass is 35.5. The quantitative estimate of drug-likeness (QED) is 0.449. The molecule has 9 heteroatoms. The van der Waals surface area contributed by atoms with E-state index in [4.69, 9.17) is 11.6 Å². The number of halogens is 6. The first kappa shape index (κ1) is 15.0. The number of rotatable bonds is 1. The van der Waals surface area contributed by atoms with Gasteiger partial charge in [0.15, 0.2) is 5.82 Å². The number of anilines is 1. The predicted molar refractivity (Wildman–Crippen MR) is 69.5 cm³/mol. The summed E-state index contributed by atoms with van der Waals surface area (Å²) in [7, 11) is 0. The normalized spacial score (nSPS) is 14.4. The van der Waals surface area contributed by atoms with Crippen molar-refractivity contribution >= 4 is 17.3 Å². The van der Waals surface area contributed by atoms with Crippen LogP contribution in [0.4, 0.5) is 27.6 Å². The summed E-state index contributed by atoms with van der Waals surface area (Å²) in [5.74, 6) is -1.75. The Morgan fingerprint density at radius 2 is 1.91 bits per heavy atom. The van der Waals surface area contributed by atoms with Crippen molar-refractivity contribution in [2.75, 3.05) is 11.4 Å². The van der Waals surface area contributed by atoms with E-state index in [1.807, 2.05) is 0 Å². The molecule has 0 radical (unpaired) electrons. The molecule has 0 saturated carbocycles. The van der Waals surface area contributed by atoms with Crippen LogP contribution in [0.15, 0.2) is 18.3 Å². The molecule has 0 aliphatic carbocycles. The lowest BCUT2D eigenvalue weighted by Gasteiger charge is -2.24. The van der Waals surface area contributed by atoms with E-state index in [0.717, 1.165) is 18.3 Å². The molecule has 0 unspecified atom stereocenters. The third-order valence-corrected chi connectivity index (χ3v) is 3.49. The van der Waals surface area contributed by atoms with Crippen molar-refractivity contribution in [2.45, 2.75) is 12.7 Å². The van der Waals surface area contributed by atoms with Crippen LogP contribution in [0.5, 0.6) is 0 Å². The molecule has 0 fully saturated rings. The van der Waals surface area contributed by atoms with Gasteiger partial charge in [0.2, 0.25) is 5.28 Å². The molecule has 0 spiro atoms. The molecule has 1 aromatic carbocycles. The van der Waals surface area contributed by atoms with E-state index in [2.05, 4.69) is 9.97 Å². The molecule has 116 valence electrons. The topological polar surface area (TPSA) is 29.0 Å².